The number of hydrogen-bond donors (Lipinski definition) is 0. The summed E-state index contributed by atoms with van der Waals surface area (Å²) in [6, 6.07) is 15.9. The smallest absolute Gasteiger partial charge is 0.243 e. The molecule has 0 amide bonds. The van der Waals surface area contributed by atoms with Gasteiger partial charge in [-0.2, -0.15) is 8.61 Å². The molecular formula is C23H31N3O4S2. The molecule has 0 atom stereocenters. The predicted octanol–water partition coefficient (Wildman–Crippen LogP) is 2.76. The summed E-state index contributed by atoms with van der Waals surface area (Å²) in [5, 5.41) is 0. The molecule has 0 bridgehead atoms. The predicted molar refractivity (Wildman–Crippen MR) is 124 cm³/mol. The van der Waals surface area contributed by atoms with Gasteiger partial charge >= 0.3 is 0 Å². The van der Waals surface area contributed by atoms with Gasteiger partial charge in [-0.15, -0.1) is 0 Å². The van der Waals surface area contributed by atoms with E-state index in [1.54, 1.807) is 0 Å². The lowest BCUT2D eigenvalue weighted by atomic mass is 10.2. The highest BCUT2D eigenvalue weighted by atomic mass is 32.2. The van der Waals surface area contributed by atoms with Crippen LogP contribution < -0.4 is 0 Å². The standard InChI is InChI=1S/C23H31N3O4S2/c27-31(28,25-14-6-1-2-7-15-25)22-10-12-23(13-11-22)32(29,30)26-18-16-24(17-19-26)20-21-8-4-3-5-9-21/h3-5,8-13H,1-2,6-7,14-20H2. The minimum Gasteiger partial charge on any atom is -0.296 e. The first-order valence-electron chi connectivity index (χ1n) is 11.2. The maximum atomic E-state index is 13.1. The Labute approximate surface area is 191 Å². The molecule has 0 aliphatic carbocycles. The van der Waals surface area contributed by atoms with Crippen molar-refractivity contribution in [2.24, 2.45) is 0 Å². The van der Waals surface area contributed by atoms with Crippen LogP contribution in [0.4, 0.5) is 0 Å². The molecule has 2 heterocycles. The van der Waals surface area contributed by atoms with Crippen LogP contribution in [0.3, 0.4) is 0 Å². The number of nitrogens with zero attached hydrogens (tertiary/aromatic N) is 3. The zero-order valence-electron chi connectivity index (χ0n) is 18.3. The molecule has 32 heavy (non-hydrogen) atoms. The second kappa shape index (κ2) is 10.0. The van der Waals surface area contributed by atoms with Gasteiger partial charge in [-0.1, -0.05) is 43.2 Å². The molecule has 174 valence electrons. The summed E-state index contributed by atoms with van der Waals surface area (Å²) in [6.45, 7) is 4.01. The van der Waals surface area contributed by atoms with Crippen molar-refractivity contribution < 1.29 is 16.8 Å². The molecule has 4 rings (SSSR count). The minimum atomic E-state index is -3.65. The summed E-state index contributed by atoms with van der Waals surface area (Å²) in [4.78, 5) is 2.55. The lowest BCUT2D eigenvalue weighted by molar-refractivity contribution is 0.181. The highest BCUT2D eigenvalue weighted by molar-refractivity contribution is 7.89. The summed E-state index contributed by atoms with van der Waals surface area (Å²) in [5.74, 6) is 0. The van der Waals surface area contributed by atoms with Crippen molar-refractivity contribution >= 4 is 20.0 Å². The van der Waals surface area contributed by atoms with Crippen molar-refractivity contribution in [2.45, 2.75) is 42.0 Å². The third-order valence-electron chi connectivity index (χ3n) is 6.24. The first-order valence-corrected chi connectivity index (χ1v) is 14.1. The fraction of sp³-hybridized carbons (Fsp3) is 0.478. The molecule has 2 aromatic rings. The molecule has 9 heteroatoms. The van der Waals surface area contributed by atoms with Crippen molar-refractivity contribution in [3.63, 3.8) is 0 Å². The molecule has 2 aliphatic rings. The summed E-state index contributed by atoms with van der Waals surface area (Å²) in [5.41, 5.74) is 1.21. The summed E-state index contributed by atoms with van der Waals surface area (Å²) >= 11 is 0. The van der Waals surface area contributed by atoms with Crippen LogP contribution in [0, 0.1) is 0 Å². The Balaban J connectivity index is 1.41. The van der Waals surface area contributed by atoms with E-state index in [0.29, 0.717) is 39.3 Å². The van der Waals surface area contributed by atoms with Crippen LogP contribution in [0.25, 0.3) is 0 Å². The Hall–Kier alpha value is -1.78. The number of piperazine rings is 1. The lowest BCUT2D eigenvalue weighted by Gasteiger charge is -2.34. The number of hydrogen-bond acceptors (Lipinski definition) is 5. The zero-order chi connectivity index (χ0) is 22.6. The van der Waals surface area contributed by atoms with E-state index >= 15 is 0 Å². The summed E-state index contributed by atoms with van der Waals surface area (Å²) in [7, 11) is -7.24. The molecule has 0 N–H and O–H groups in total. The molecule has 2 fully saturated rings. The lowest BCUT2D eigenvalue weighted by Crippen LogP contribution is -2.48. The normalized spacial score (nSPS) is 20.1. The van der Waals surface area contributed by atoms with Gasteiger partial charge in [-0.05, 0) is 42.7 Å². The highest BCUT2D eigenvalue weighted by Crippen LogP contribution is 2.24. The molecule has 7 nitrogen and oxygen atoms in total. The van der Waals surface area contributed by atoms with E-state index in [1.807, 2.05) is 18.2 Å². The van der Waals surface area contributed by atoms with Gasteiger partial charge in [0.15, 0.2) is 0 Å². The number of sulfonamides is 2. The Kier molecular flexibility index (Phi) is 7.31. The minimum absolute atomic E-state index is 0.142. The van der Waals surface area contributed by atoms with Gasteiger partial charge in [-0.25, -0.2) is 16.8 Å². The molecular weight excluding hydrogens is 446 g/mol. The number of rotatable bonds is 6. The van der Waals surface area contributed by atoms with Crippen LogP contribution in [0.5, 0.6) is 0 Å². The van der Waals surface area contributed by atoms with E-state index in [0.717, 1.165) is 32.2 Å². The van der Waals surface area contributed by atoms with Gasteiger partial charge in [-0.3, -0.25) is 4.90 Å². The third-order valence-corrected chi connectivity index (χ3v) is 10.1. The van der Waals surface area contributed by atoms with E-state index in [-0.39, 0.29) is 9.79 Å². The monoisotopic (exact) mass is 477 g/mol. The van der Waals surface area contributed by atoms with E-state index in [4.69, 9.17) is 0 Å². The molecule has 2 saturated heterocycles. The first kappa shape index (κ1) is 23.4. The van der Waals surface area contributed by atoms with Crippen molar-refractivity contribution in [3.8, 4) is 0 Å². The van der Waals surface area contributed by atoms with Crippen LogP contribution in [0.15, 0.2) is 64.4 Å². The Morgan fingerprint density at radius 2 is 1.03 bits per heavy atom. The van der Waals surface area contributed by atoms with E-state index in [1.165, 1.54) is 38.4 Å². The van der Waals surface area contributed by atoms with E-state index in [9.17, 15) is 16.8 Å². The van der Waals surface area contributed by atoms with Crippen LogP contribution in [0.1, 0.15) is 31.2 Å². The molecule has 0 aromatic heterocycles. The quantitative estimate of drug-likeness (QED) is 0.639. The average Bonchev–Trinajstić information content (AvgIpc) is 3.11. The fourth-order valence-corrected chi connectivity index (χ4v) is 7.27. The van der Waals surface area contributed by atoms with Crippen molar-refractivity contribution in [1.29, 1.82) is 0 Å². The van der Waals surface area contributed by atoms with Gasteiger partial charge in [0.1, 0.15) is 0 Å². The SMILES string of the molecule is O=S(=O)(c1ccc(S(=O)(=O)N2CCN(Cc3ccccc3)CC2)cc1)N1CCCCCC1. The van der Waals surface area contributed by atoms with Gasteiger partial charge in [0.2, 0.25) is 20.0 Å². The van der Waals surface area contributed by atoms with Gasteiger partial charge in [0, 0.05) is 45.8 Å². The molecule has 0 spiro atoms. The topological polar surface area (TPSA) is 78.0 Å². The summed E-state index contributed by atoms with van der Waals surface area (Å²) in [6.07, 6.45) is 3.81. The molecule has 0 saturated carbocycles. The van der Waals surface area contributed by atoms with Crippen molar-refractivity contribution in [2.75, 3.05) is 39.3 Å². The fourth-order valence-electron chi connectivity index (χ4n) is 4.33. The van der Waals surface area contributed by atoms with Gasteiger partial charge in [0.05, 0.1) is 9.79 Å². The van der Waals surface area contributed by atoms with Gasteiger partial charge < -0.3 is 0 Å². The Bertz CT molecular complexity index is 1090. The third kappa shape index (κ3) is 5.23. The molecule has 0 radical (unpaired) electrons. The number of benzene rings is 2. The molecule has 0 unspecified atom stereocenters. The van der Waals surface area contributed by atoms with Crippen LogP contribution >= 0.6 is 0 Å². The Morgan fingerprint density at radius 3 is 1.53 bits per heavy atom. The molecule has 2 aliphatic heterocycles. The van der Waals surface area contributed by atoms with E-state index in [2.05, 4.69) is 17.0 Å². The Morgan fingerprint density at radius 1 is 0.562 bits per heavy atom. The van der Waals surface area contributed by atoms with Crippen molar-refractivity contribution in [1.82, 2.24) is 13.5 Å². The van der Waals surface area contributed by atoms with Crippen LogP contribution in [-0.4, -0.2) is 69.6 Å². The van der Waals surface area contributed by atoms with Crippen LogP contribution in [-0.2, 0) is 26.6 Å². The van der Waals surface area contributed by atoms with Crippen molar-refractivity contribution in [3.05, 3.63) is 60.2 Å². The molecule has 2 aromatic carbocycles. The van der Waals surface area contributed by atoms with Gasteiger partial charge in [0.25, 0.3) is 0 Å². The van der Waals surface area contributed by atoms with E-state index < -0.39 is 20.0 Å². The zero-order valence-corrected chi connectivity index (χ0v) is 19.9. The second-order valence-corrected chi connectivity index (χ2v) is 12.3. The maximum Gasteiger partial charge on any atom is 0.243 e. The first-order chi connectivity index (χ1) is 15.4. The maximum absolute atomic E-state index is 13.1. The summed E-state index contributed by atoms with van der Waals surface area (Å²) < 4.78 is 55.1. The second-order valence-electron chi connectivity index (χ2n) is 8.46. The largest absolute Gasteiger partial charge is 0.296 e. The van der Waals surface area contributed by atoms with Crippen LogP contribution in [0.2, 0.25) is 0 Å². The highest BCUT2D eigenvalue weighted by Gasteiger charge is 2.30. The average molecular weight is 478 g/mol.